The molecule has 0 fully saturated rings. The second kappa shape index (κ2) is 4.66. The smallest absolute Gasteiger partial charge is 0.419 e. The van der Waals surface area contributed by atoms with Crippen LogP contribution in [0.2, 0.25) is 0 Å². The Kier molecular flexibility index (Phi) is 3.83. The van der Waals surface area contributed by atoms with Gasteiger partial charge >= 0.3 is 6.09 Å². The third-order valence-electron chi connectivity index (χ3n) is 1.56. The van der Waals surface area contributed by atoms with Crippen LogP contribution in [0.3, 0.4) is 0 Å². The van der Waals surface area contributed by atoms with Crippen LogP contribution in [-0.2, 0) is 19.5 Å². The van der Waals surface area contributed by atoms with Crippen molar-refractivity contribution < 1.29 is 17.9 Å². The molecule has 1 aromatic rings. The van der Waals surface area contributed by atoms with Crippen LogP contribution in [0.25, 0.3) is 0 Å². The number of imidazole rings is 1. The van der Waals surface area contributed by atoms with Crippen molar-refractivity contribution in [2.45, 2.75) is 32.1 Å². The average molecular weight is 281 g/mol. The van der Waals surface area contributed by atoms with Gasteiger partial charge in [0, 0.05) is 16.9 Å². The third kappa shape index (κ3) is 5.18. The van der Waals surface area contributed by atoms with Crippen LogP contribution in [0.4, 0.5) is 4.79 Å². The van der Waals surface area contributed by atoms with Crippen LogP contribution >= 0.6 is 10.7 Å². The molecule has 0 N–H and O–H groups in total. The lowest BCUT2D eigenvalue weighted by molar-refractivity contribution is 0.0536. The van der Waals surface area contributed by atoms with E-state index >= 15 is 0 Å². The van der Waals surface area contributed by atoms with Gasteiger partial charge in [0.25, 0.3) is 0 Å². The number of aromatic nitrogens is 2. The van der Waals surface area contributed by atoms with Crippen molar-refractivity contribution in [1.29, 1.82) is 0 Å². The second-order valence-corrected chi connectivity index (χ2v) is 7.21. The lowest BCUT2D eigenvalue weighted by atomic mass is 10.2. The summed E-state index contributed by atoms with van der Waals surface area (Å²) in [6, 6.07) is 0. The van der Waals surface area contributed by atoms with Crippen molar-refractivity contribution in [3.8, 4) is 0 Å². The maximum atomic E-state index is 11.6. The van der Waals surface area contributed by atoms with Crippen molar-refractivity contribution in [3.63, 3.8) is 0 Å². The number of rotatable bonds is 2. The number of hydrogen-bond donors (Lipinski definition) is 0. The number of carbonyl (C=O) groups excluding carboxylic acids is 1. The normalized spacial score (nSPS) is 12.5. The third-order valence-corrected chi connectivity index (χ3v) is 2.53. The highest BCUT2D eigenvalue weighted by Gasteiger charge is 2.19. The number of hydrogen-bond acceptors (Lipinski definition) is 5. The maximum absolute atomic E-state index is 11.6. The van der Waals surface area contributed by atoms with Gasteiger partial charge < -0.3 is 4.74 Å². The number of nitrogens with zero attached hydrogens (tertiary/aromatic N) is 2. The van der Waals surface area contributed by atoms with Crippen LogP contribution in [0, 0.1) is 0 Å². The lowest BCUT2D eigenvalue weighted by Gasteiger charge is -2.19. The van der Waals surface area contributed by atoms with Gasteiger partial charge in [0.2, 0.25) is 9.05 Å². The zero-order chi connectivity index (χ0) is 13.3. The van der Waals surface area contributed by atoms with Crippen molar-refractivity contribution >= 4 is 25.8 Å². The zero-order valence-corrected chi connectivity index (χ0v) is 11.2. The SMILES string of the molecule is CC(C)(C)OC(=O)n1cnc(CS(=O)(=O)Cl)c1. The summed E-state index contributed by atoms with van der Waals surface area (Å²) < 4.78 is 27.8. The first-order valence-electron chi connectivity index (χ1n) is 4.75. The molecule has 0 unspecified atom stereocenters. The first-order valence-corrected chi connectivity index (χ1v) is 7.23. The molecule has 96 valence electrons. The Bertz CT molecular complexity index is 515. The highest BCUT2D eigenvalue weighted by atomic mass is 35.7. The highest BCUT2D eigenvalue weighted by molar-refractivity contribution is 8.13. The summed E-state index contributed by atoms with van der Waals surface area (Å²) >= 11 is 0. The van der Waals surface area contributed by atoms with E-state index in [1.54, 1.807) is 20.8 Å². The van der Waals surface area contributed by atoms with Gasteiger partial charge in [-0.05, 0) is 20.8 Å². The van der Waals surface area contributed by atoms with Crippen LogP contribution < -0.4 is 0 Å². The van der Waals surface area contributed by atoms with Gasteiger partial charge in [-0.25, -0.2) is 22.8 Å². The van der Waals surface area contributed by atoms with E-state index < -0.39 is 26.5 Å². The molecule has 0 amide bonds. The predicted octanol–water partition coefficient (Wildman–Crippen LogP) is 1.73. The Balaban J connectivity index is 2.78. The molecule has 8 heteroatoms. The van der Waals surface area contributed by atoms with Crippen LogP contribution in [-0.4, -0.2) is 29.7 Å². The van der Waals surface area contributed by atoms with Gasteiger partial charge in [0.15, 0.2) is 0 Å². The van der Waals surface area contributed by atoms with Crippen molar-refractivity contribution in [3.05, 3.63) is 18.2 Å². The summed E-state index contributed by atoms with van der Waals surface area (Å²) in [5.41, 5.74) is -0.439. The van der Waals surface area contributed by atoms with E-state index in [0.717, 1.165) is 4.57 Å². The molecule has 0 bridgehead atoms. The number of halogens is 1. The van der Waals surface area contributed by atoms with Gasteiger partial charge in [0.05, 0.1) is 5.69 Å². The minimum atomic E-state index is -3.68. The summed E-state index contributed by atoms with van der Waals surface area (Å²) in [5, 5.41) is 0. The fraction of sp³-hybridized carbons (Fsp3) is 0.556. The number of carbonyl (C=O) groups is 1. The molecule has 0 aliphatic heterocycles. The van der Waals surface area contributed by atoms with Gasteiger partial charge in [-0.15, -0.1) is 0 Å². The molecule has 6 nitrogen and oxygen atoms in total. The second-order valence-electron chi connectivity index (χ2n) is 4.44. The quantitative estimate of drug-likeness (QED) is 0.771. The molecule has 1 heterocycles. The van der Waals surface area contributed by atoms with E-state index in [2.05, 4.69) is 4.98 Å². The minimum Gasteiger partial charge on any atom is -0.443 e. The molecule has 0 radical (unpaired) electrons. The van der Waals surface area contributed by atoms with E-state index in [-0.39, 0.29) is 5.69 Å². The highest BCUT2D eigenvalue weighted by Crippen LogP contribution is 2.11. The molecule has 0 aliphatic carbocycles. The Labute approximate surface area is 104 Å². The van der Waals surface area contributed by atoms with Gasteiger partial charge in [-0.1, -0.05) is 0 Å². The fourth-order valence-corrected chi connectivity index (χ4v) is 1.87. The van der Waals surface area contributed by atoms with Gasteiger partial charge in [0.1, 0.15) is 17.7 Å². The fourth-order valence-electron chi connectivity index (χ4n) is 1.03. The van der Waals surface area contributed by atoms with Crippen molar-refractivity contribution in [2.75, 3.05) is 0 Å². The van der Waals surface area contributed by atoms with Gasteiger partial charge in [-0.2, -0.15) is 0 Å². The topological polar surface area (TPSA) is 78.3 Å². The zero-order valence-electron chi connectivity index (χ0n) is 9.68. The molecule has 17 heavy (non-hydrogen) atoms. The monoisotopic (exact) mass is 280 g/mol. The maximum Gasteiger partial charge on any atom is 0.419 e. The first kappa shape index (κ1) is 14.0. The average Bonchev–Trinajstić information content (AvgIpc) is 2.45. The van der Waals surface area contributed by atoms with E-state index in [1.165, 1.54) is 12.5 Å². The van der Waals surface area contributed by atoms with E-state index in [9.17, 15) is 13.2 Å². The van der Waals surface area contributed by atoms with Gasteiger partial charge in [-0.3, -0.25) is 0 Å². The molecule has 1 rings (SSSR count). The Morgan fingerprint density at radius 1 is 1.53 bits per heavy atom. The molecular weight excluding hydrogens is 268 g/mol. The molecule has 0 saturated heterocycles. The Morgan fingerprint density at radius 3 is 2.59 bits per heavy atom. The summed E-state index contributed by atoms with van der Waals surface area (Å²) in [6.07, 6.45) is 1.84. The number of ether oxygens (including phenoxy) is 1. The largest absolute Gasteiger partial charge is 0.443 e. The molecule has 0 aliphatic rings. The van der Waals surface area contributed by atoms with Crippen molar-refractivity contribution in [1.82, 2.24) is 9.55 Å². The minimum absolute atomic E-state index is 0.186. The Hall–Kier alpha value is -1.08. The summed E-state index contributed by atoms with van der Waals surface area (Å²) in [4.78, 5) is 15.3. The van der Waals surface area contributed by atoms with Crippen molar-refractivity contribution in [2.24, 2.45) is 0 Å². The predicted molar refractivity (Wildman–Crippen MR) is 62.3 cm³/mol. The van der Waals surface area contributed by atoms with E-state index in [1.807, 2.05) is 0 Å². The molecule has 0 atom stereocenters. The molecular formula is C9H13ClN2O4S. The molecule has 0 saturated carbocycles. The first-order chi connectivity index (χ1) is 7.57. The Morgan fingerprint density at radius 2 is 2.12 bits per heavy atom. The van der Waals surface area contributed by atoms with E-state index in [4.69, 9.17) is 15.4 Å². The van der Waals surface area contributed by atoms with Crippen LogP contribution in [0.15, 0.2) is 12.5 Å². The summed E-state index contributed by atoms with van der Waals surface area (Å²) in [5.74, 6) is -0.426. The van der Waals surface area contributed by atoms with E-state index in [0.29, 0.717) is 0 Å². The standard InChI is InChI=1S/C9H13ClN2O4S/c1-9(2,3)16-8(13)12-4-7(11-6-12)5-17(10,14)15/h4,6H,5H2,1-3H3. The van der Waals surface area contributed by atoms with Crippen LogP contribution in [0.1, 0.15) is 26.5 Å². The summed E-state index contributed by atoms with van der Waals surface area (Å²) in [7, 11) is 1.39. The molecule has 1 aromatic heterocycles. The lowest BCUT2D eigenvalue weighted by Crippen LogP contribution is -2.26. The van der Waals surface area contributed by atoms with Crippen LogP contribution in [0.5, 0.6) is 0 Å². The molecule has 0 spiro atoms. The summed E-state index contributed by atoms with van der Waals surface area (Å²) in [6.45, 7) is 5.18. The molecule has 0 aromatic carbocycles.